The molecule has 1 aromatic carbocycles. The van der Waals surface area contributed by atoms with Gasteiger partial charge in [-0.25, -0.2) is 4.79 Å². The third kappa shape index (κ3) is 2.01. The minimum absolute atomic E-state index is 0.0586. The molecule has 0 spiro atoms. The first-order valence-corrected chi connectivity index (χ1v) is 5.78. The molecule has 0 fully saturated rings. The Morgan fingerprint density at radius 2 is 2.00 bits per heavy atom. The molecule has 0 unspecified atom stereocenters. The molecule has 0 radical (unpaired) electrons. The molecule has 1 heterocycles. The quantitative estimate of drug-likeness (QED) is 0.668. The molecule has 4 nitrogen and oxygen atoms in total. The molecular formula is C14H15NO3. The predicted octanol–water partition coefficient (Wildman–Crippen LogP) is 2.79. The maximum absolute atomic E-state index is 12.0. The van der Waals surface area contributed by atoms with Crippen molar-refractivity contribution in [1.29, 1.82) is 0 Å². The molecule has 0 bridgehead atoms. The first kappa shape index (κ1) is 12.4. The molecule has 0 aliphatic heterocycles. The highest BCUT2D eigenvalue weighted by molar-refractivity contribution is 6.10. The number of nitrogens with one attached hydrogen (secondary N) is 1. The largest absolute Gasteiger partial charge is 0.465 e. The first-order valence-electron chi connectivity index (χ1n) is 5.78. The predicted molar refractivity (Wildman–Crippen MR) is 68.8 cm³/mol. The smallest absolute Gasteiger partial charge is 0.337 e. The molecule has 0 atom stereocenters. The number of methoxy groups -OCH3 is 1. The lowest BCUT2D eigenvalue weighted by atomic mass is 10.00. The number of aromatic amines is 1. The number of esters is 1. The Morgan fingerprint density at radius 3 is 2.61 bits per heavy atom. The van der Waals surface area contributed by atoms with Crippen molar-refractivity contribution in [3.63, 3.8) is 0 Å². The van der Waals surface area contributed by atoms with Gasteiger partial charge in [-0.3, -0.25) is 4.79 Å². The lowest BCUT2D eigenvalue weighted by Crippen LogP contribution is -2.07. The Hall–Kier alpha value is -2.10. The van der Waals surface area contributed by atoms with Crippen molar-refractivity contribution in [3.05, 3.63) is 35.5 Å². The van der Waals surface area contributed by atoms with E-state index in [1.807, 2.05) is 13.8 Å². The fourth-order valence-electron chi connectivity index (χ4n) is 1.88. The number of H-pyrrole nitrogens is 1. The van der Waals surface area contributed by atoms with Crippen LogP contribution < -0.4 is 0 Å². The number of ether oxygens (including phenoxy) is 1. The van der Waals surface area contributed by atoms with Crippen molar-refractivity contribution in [3.8, 4) is 0 Å². The summed E-state index contributed by atoms with van der Waals surface area (Å²) >= 11 is 0. The summed E-state index contributed by atoms with van der Waals surface area (Å²) in [6.45, 7) is 3.71. The van der Waals surface area contributed by atoms with Crippen LogP contribution in [-0.4, -0.2) is 23.8 Å². The van der Waals surface area contributed by atoms with E-state index >= 15 is 0 Å². The van der Waals surface area contributed by atoms with Crippen molar-refractivity contribution in [2.45, 2.75) is 13.8 Å². The van der Waals surface area contributed by atoms with Gasteiger partial charge in [-0.15, -0.1) is 0 Å². The summed E-state index contributed by atoms with van der Waals surface area (Å²) in [6, 6.07) is 5.14. The van der Waals surface area contributed by atoms with Gasteiger partial charge < -0.3 is 9.72 Å². The van der Waals surface area contributed by atoms with E-state index in [1.165, 1.54) is 7.11 Å². The average Bonchev–Trinajstić information content (AvgIpc) is 2.79. The van der Waals surface area contributed by atoms with E-state index in [1.54, 1.807) is 24.4 Å². The Balaban J connectivity index is 2.56. The van der Waals surface area contributed by atoms with Crippen LogP contribution in [0.5, 0.6) is 0 Å². The fourth-order valence-corrected chi connectivity index (χ4v) is 1.88. The summed E-state index contributed by atoms with van der Waals surface area (Å²) in [5.41, 5.74) is 1.90. The summed E-state index contributed by atoms with van der Waals surface area (Å²) in [5, 5.41) is 0.761. The zero-order chi connectivity index (χ0) is 13.3. The molecule has 94 valence electrons. The van der Waals surface area contributed by atoms with Crippen LogP contribution in [0, 0.1) is 5.92 Å². The molecule has 18 heavy (non-hydrogen) atoms. The average molecular weight is 245 g/mol. The summed E-state index contributed by atoms with van der Waals surface area (Å²) in [6.07, 6.45) is 1.69. The normalized spacial score (nSPS) is 10.9. The fraction of sp³-hybridized carbons (Fsp3) is 0.286. The highest BCUT2D eigenvalue weighted by Crippen LogP contribution is 2.22. The van der Waals surface area contributed by atoms with Crippen molar-refractivity contribution in [2.75, 3.05) is 7.11 Å². The number of ketones is 1. The summed E-state index contributed by atoms with van der Waals surface area (Å²) in [5.74, 6) is -0.421. The molecule has 1 N–H and O–H groups in total. The van der Waals surface area contributed by atoms with Gasteiger partial charge in [-0.1, -0.05) is 13.8 Å². The van der Waals surface area contributed by atoms with E-state index in [9.17, 15) is 9.59 Å². The molecule has 0 aliphatic carbocycles. The number of fused-ring (bicyclic) bond motifs is 1. The van der Waals surface area contributed by atoms with E-state index in [-0.39, 0.29) is 11.7 Å². The molecular weight excluding hydrogens is 230 g/mol. The van der Waals surface area contributed by atoms with E-state index in [2.05, 4.69) is 9.72 Å². The van der Waals surface area contributed by atoms with Crippen molar-refractivity contribution >= 4 is 22.7 Å². The van der Waals surface area contributed by atoms with Crippen LogP contribution >= 0.6 is 0 Å². The van der Waals surface area contributed by atoms with E-state index in [0.717, 1.165) is 10.9 Å². The molecule has 2 rings (SSSR count). The van der Waals surface area contributed by atoms with Gasteiger partial charge in [0.05, 0.1) is 12.7 Å². The van der Waals surface area contributed by atoms with Gasteiger partial charge in [0.1, 0.15) is 0 Å². The van der Waals surface area contributed by atoms with Crippen molar-refractivity contribution in [2.24, 2.45) is 5.92 Å². The van der Waals surface area contributed by atoms with Crippen molar-refractivity contribution < 1.29 is 14.3 Å². The third-order valence-electron chi connectivity index (χ3n) is 2.89. The van der Waals surface area contributed by atoms with Gasteiger partial charge in [0.2, 0.25) is 0 Å². The maximum atomic E-state index is 12.0. The van der Waals surface area contributed by atoms with Crippen LogP contribution in [0.4, 0.5) is 0 Å². The summed E-state index contributed by atoms with van der Waals surface area (Å²) < 4.78 is 4.68. The number of aromatic nitrogens is 1. The zero-order valence-corrected chi connectivity index (χ0v) is 10.6. The van der Waals surface area contributed by atoms with E-state index in [0.29, 0.717) is 11.1 Å². The first-order chi connectivity index (χ1) is 8.54. The molecule has 4 heteroatoms. The molecule has 1 aromatic heterocycles. The highest BCUT2D eigenvalue weighted by Gasteiger charge is 2.16. The maximum Gasteiger partial charge on any atom is 0.337 e. The van der Waals surface area contributed by atoms with Crippen LogP contribution in [0.3, 0.4) is 0 Å². The SMILES string of the molecule is COC(=O)c1ccc2[nH]cc(C(=O)C(C)C)c2c1. The standard InChI is InChI=1S/C14H15NO3/c1-8(2)13(16)11-7-15-12-5-4-9(6-10(11)12)14(17)18-3/h4-8,15H,1-3H3. The number of Topliss-reactive ketones (excluding diaryl/α,β-unsaturated/α-hetero) is 1. The number of hydrogen-bond donors (Lipinski definition) is 1. The van der Waals surface area contributed by atoms with Crippen LogP contribution in [0.1, 0.15) is 34.6 Å². The summed E-state index contributed by atoms with van der Waals surface area (Å²) in [7, 11) is 1.34. The second-order valence-electron chi connectivity index (χ2n) is 4.47. The Kier molecular flexibility index (Phi) is 3.19. The second-order valence-corrected chi connectivity index (χ2v) is 4.47. The van der Waals surface area contributed by atoms with Gasteiger partial charge in [0, 0.05) is 28.6 Å². The minimum Gasteiger partial charge on any atom is -0.465 e. The van der Waals surface area contributed by atoms with Crippen molar-refractivity contribution in [1.82, 2.24) is 4.98 Å². The molecule has 0 aliphatic rings. The van der Waals surface area contributed by atoms with Crippen LogP contribution in [0.25, 0.3) is 10.9 Å². The van der Waals surface area contributed by atoms with Gasteiger partial charge in [-0.05, 0) is 18.2 Å². The molecule has 0 saturated heterocycles. The number of carbonyl (C=O) groups excluding carboxylic acids is 2. The highest BCUT2D eigenvalue weighted by atomic mass is 16.5. The van der Waals surface area contributed by atoms with Crippen LogP contribution in [0.2, 0.25) is 0 Å². The lowest BCUT2D eigenvalue weighted by molar-refractivity contribution is 0.0600. The monoisotopic (exact) mass is 245 g/mol. The summed E-state index contributed by atoms with van der Waals surface area (Å²) in [4.78, 5) is 26.5. The topological polar surface area (TPSA) is 59.2 Å². The lowest BCUT2D eigenvalue weighted by Gasteiger charge is -2.03. The molecule has 0 amide bonds. The third-order valence-corrected chi connectivity index (χ3v) is 2.89. The van der Waals surface area contributed by atoms with Gasteiger partial charge in [-0.2, -0.15) is 0 Å². The van der Waals surface area contributed by atoms with Crippen LogP contribution in [0.15, 0.2) is 24.4 Å². The number of hydrogen-bond acceptors (Lipinski definition) is 3. The zero-order valence-electron chi connectivity index (χ0n) is 10.6. The Morgan fingerprint density at radius 1 is 1.28 bits per heavy atom. The number of rotatable bonds is 3. The van der Waals surface area contributed by atoms with Gasteiger partial charge >= 0.3 is 5.97 Å². The van der Waals surface area contributed by atoms with E-state index < -0.39 is 5.97 Å². The minimum atomic E-state index is -0.402. The van der Waals surface area contributed by atoms with Gasteiger partial charge in [0.25, 0.3) is 0 Å². The molecule has 2 aromatic rings. The van der Waals surface area contributed by atoms with Gasteiger partial charge in [0.15, 0.2) is 5.78 Å². The Bertz CT molecular complexity index is 611. The molecule has 0 saturated carbocycles. The number of carbonyl (C=O) groups is 2. The van der Waals surface area contributed by atoms with Crippen LogP contribution in [-0.2, 0) is 4.74 Å². The van der Waals surface area contributed by atoms with E-state index in [4.69, 9.17) is 0 Å². The Labute approximate surface area is 105 Å². The second kappa shape index (κ2) is 4.64. The number of benzene rings is 1.